The van der Waals surface area contributed by atoms with Crippen molar-refractivity contribution in [2.24, 2.45) is 10.4 Å². The third-order valence-electron chi connectivity index (χ3n) is 5.59. The zero-order chi connectivity index (χ0) is 17.5. The summed E-state index contributed by atoms with van der Waals surface area (Å²) in [7, 11) is 1.74. The van der Waals surface area contributed by atoms with E-state index in [0.29, 0.717) is 6.61 Å². The molecule has 0 bridgehead atoms. The van der Waals surface area contributed by atoms with Crippen molar-refractivity contribution >= 4 is 22.8 Å². The maximum Gasteiger partial charge on any atom is 0.205 e. The van der Waals surface area contributed by atoms with Gasteiger partial charge in [-0.25, -0.2) is 0 Å². The van der Waals surface area contributed by atoms with Crippen LogP contribution >= 0.6 is 0 Å². The van der Waals surface area contributed by atoms with Crippen LogP contribution in [0.15, 0.2) is 35.5 Å². The average Bonchev–Trinajstić information content (AvgIpc) is 2.62. The first-order valence-corrected chi connectivity index (χ1v) is 8.93. The van der Waals surface area contributed by atoms with Crippen LogP contribution in [0.4, 0.5) is 5.69 Å². The van der Waals surface area contributed by atoms with Crippen LogP contribution in [0.2, 0.25) is 0 Å². The zero-order valence-corrected chi connectivity index (χ0v) is 15.2. The molecule has 2 aliphatic heterocycles. The van der Waals surface area contributed by atoms with Crippen molar-refractivity contribution in [3.8, 4) is 5.75 Å². The monoisotopic (exact) mass is 339 g/mol. The van der Waals surface area contributed by atoms with Gasteiger partial charge in [0, 0.05) is 37.2 Å². The maximum absolute atomic E-state index is 6.69. The Labute approximate surface area is 148 Å². The van der Waals surface area contributed by atoms with E-state index in [1.54, 1.807) is 13.3 Å². The second-order valence-corrected chi connectivity index (χ2v) is 7.51. The number of hydrogen-bond acceptors (Lipinski definition) is 5. The van der Waals surface area contributed by atoms with E-state index >= 15 is 0 Å². The SMILES string of the molecule is COCCN1CCCC(C)(C)C12C=Nc1c(ccc3ncccc13)O2. The predicted octanol–water partition coefficient (Wildman–Crippen LogP) is 3.79. The van der Waals surface area contributed by atoms with E-state index in [0.717, 1.165) is 48.3 Å². The Morgan fingerprint density at radius 2 is 2.16 bits per heavy atom. The third-order valence-corrected chi connectivity index (χ3v) is 5.59. The number of methoxy groups -OCH3 is 1. The summed E-state index contributed by atoms with van der Waals surface area (Å²) in [6, 6.07) is 8.01. The molecular formula is C20H25N3O2. The Hall–Kier alpha value is -1.98. The fourth-order valence-electron chi connectivity index (χ4n) is 4.10. The standard InChI is InChI=1S/C20H25N3O2/c1-19(2)9-5-11-23(12-13-24-3)20(19)14-22-18-15-6-4-10-21-16(15)7-8-17(18)25-20/h4,6-8,10,14H,5,9,11-13H2,1-3H3. The maximum atomic E-state index is 6.69. The van der Waals surface area contributed by atoms with Gasteiger partial charge in [0.05, 0.1) is 18.3 Å². The van der Waals surface area contributed by atoms with Crippen LogP contribution in [0.1, 0.15) is 26.7 Å². The van der Waals surface area contributed by atoms with Gasteiger partial charge >= 0.3 is 0 Å². The second kappa shape index (κ2) is 6.07. The number of benzene rings is 1. The number of fused-ring (bicyclic) bond motifs is 3. The fraction of sp³-hybridized carbons (Fsp3) is 0.500. The Morgan fingerprint density at radius 1 is 1.28 bits per heavy atom. The van der Waals surface area contributed by atoms with Gasteiger partial charge in [0.15, 0.2) is 0 Å². The first-order chi connectivity index (χ1) is 12.1. The van der Waals surface area contributed by atoms with Crippen molar-refractivity contribution in [2.75, 3.05) is 26.8 Å². The minimum absolute atomic E-state index is 0.0376. The van der Waals surface area contributed by atoms with Gasteiger partial charge < -0.3 is 9.47 Å². The van der Waals surface area contributed by atoms with Gasteiger partial charge in [0.25, 0.3) is 0 Å². The van der Waals surface area contributed by atoms with E-state index in [4.69, 9.17) is 14.5 Å². The van der Waals surface area contributed by atoms with Gasteiger partial charge in [0.1, 0.15) is 11.4 Å². The molecule has 1 fully saturated rings. The van der Waals surface area contributed by atoms with Gasteiger partial charge in [-0.2, -0.15) is 0 Å². The average molecular weight is 339 g/mol. The summed E-state index contributed by atoms with van der Waals surface area (Å²) in [5.41, 5.74) is 1.25. The number of ether oxygens (including phenoxy) is 2. The van der Waals surface area contributed by atoms with Gasteiger partial charge in [-0.05, 0) is 37.1 Å². The van der Waals surface area contributed by atoms with E-state index in [1.807, 2.05) is 24.4 Å². The molecule has 4 rings (SSSR count). The normalized spacial score (nSPS) is 25.1. The summed E-state index contributed by atoms with van der Waals surface area (Å²) < 4.78 is 12.0. The molecule has 1 unspecified atom stereocenters. The van der Waals surface area contributed by atoms with E-state index in [1.165, 1.54) is 0 Å². The van der Waals surface area contributed by atoms with Crippen LogP contribution < -0.4 is 4.74 Å². The summed E-state index contributed by atoms with van der Waals surface area (Å²) in [4.78, 5) is 11.7. The van der Waals surface area contributed by atoms with Crippen LogP contribution in [0.5, 0.6) is 5.75 Å². The summed E-state index contributed by atoms with van der Waals surface area (Å²) in [5.74, 6) is 0.834. The number of aromatic nitrogens is 1. The van der Waals surface area contributed by atoms with Crippen LogP contribution in [0, 0.1) is 5.41 Å². The van der Waals surface area contributed by atoms with Crippen molar-refractivity contribution in [2.45, 2.75) is 32.4 Å². The molecule has 5 nitrogen and oxygen atoms in total. The second-order valence-electron chi connectivity index (χ2n) is 7.51. The lowest BCUT2D eigenvalue weighted by Crippen LogP contribution is -2.67. The molecule has 2 aromatic rings. The molecule has 3 heterocycles. The molecule has 5 heteroatoms. The Bertz CT molecular complexity index is 818. The lowest BCUT2D eigenvalue weighted by Gasteiger charge is -2.54. The summed E-state index contributed by atoms with van der Waals surface area (Å²) in [6.07, 6.45) is 6.08. The molecule has 1 atom stereocenters. The van der Waals surface area contributed by atoms with E-state index in [9.17, 15) is 0 Å². The predicted molar refractivity (Wildman–Crippen MR) is 99.7 cm³/mol. The fourth-order valence-corrected chi connectivity index (χ4v) is 4.10. The molecule has 1 aromatic heterocycles. The van der Waals surface area contributed by atoms with Crippen molar-refractivity contribution in [1.29, 1.82) is 0 Å². The highest BCUT2D eigenvalue weighted by Crippen LogP contribution is 2.49. The molecule has 0 saturated carbocycles. The first-order valence-electron chi connectivity index (χ1n) is 8.93. The molecule has 1 spiro atoms. The molecule has 1 aromatic carbocycles. The number of aliphatic imine (C=N–C) groups is 1. The molecule has 0 aliphatic carbocycles. The molecule has 1 saturated heterocycles. The Kier molecular flexibility index (Phi) is 4.01. The third kappa shape index (κ3) is 2.53. The van der Waals surface area contributed by atoms with Crippen molar-refractivity contribution < 1.29 is 9.47 Å². The van der Waals surface area contributed by atoms with Gasteiger partial charge in [-0.1, -0.05) is 13.8 Å². The molecule has 25 heavy (non-hydrogen) atoms. The Balaban J connectivity index is 1.80. The number of piperidine rings is 1. The van der Waals surface area contributed by atoms with E-state index in [2.05, 4.69) is 29.8 Å². The highest BCUT2D eigenvalue weighted by Gasteiger charge is 2.54. The topological polar surface area (TPSA) is 47.0 Å². The van der Waals surface area contributed by atoms with Gasteiger partial charge in [-0.15, -0.1) is 0 Å². The smallest absolute Gasteiger partial charge is 0.205 e. The summed E-state index contributed by atoms with van der Waals surface area (Å²) in [5, 5.41) is 1.03. The Morgan fingerprint density at radius 3 is 3.00 bits per heavy atom. The van der Waals surface area contributed by atoms with E-state index < -0.39 is 5.72 Å². The molecule has 0 amide bonds. The van der Waals surface area contributed by atoms with Crippen LogP contribution in [0.3, 0.4) is 0 Å². The number of likely N-dealkylation sites (tertiary alicyclic amines) is 1. The quantitative estimate of drug-likeness (QED) is 0.853. The summed E-state index contributed by atoms with van der Waals surface area (Å²) in [6.45, 7) is 7.04. The molecule has 2 aliphatic rings. The van der Waals surface area contributed by atoms with Crippen LogP contribution in [-0.4, -0.2) is 48.6 Å². The zero-order valence-electron chi connectivity index (χ0n) is 15.2. The number of pyridine rings is 1. The number of rotatable bonds is 3. The van der Waals surface area contributed by atoms with Crippen molar-refractivity contribution in [1.82, 2.24) is 9.88 Å². The highest BCUT2D eigenvalue weighted by atomic mass is 16.5. The highest BCUT2D eigenvalue weighted by molar-refractivity contribution is 5.96. The molecular weight excluding hydrogens is 314 g/mol. The minimum atomic E-state index is -0.535. The van der Waals surface area contributed by atoms with Crippen LogP contribution in [0.25, 0.3) is 10.9 Å². The van der Waals surface area contributed by atoms with E-state index in [-0.39, 0.29) is 5.41 Å². The summed E-state index contributed by atoms with van der Waals surface area (Å²) >= 11 is 0. The van der Waals surface area contributed by atoms with Crippen LogP contribution in [-0.2, 0) is 4.74 Å². The first kappa shape index (κ1) is 16.5. The molecule has 0 N–H and O–H groups in total. The number of nitrogens with zero attached hydrogens (tertiary/aromatic N) is 3. The van der Waals surface area contributed by atoms with Gasteiger partial charge in [0.2, 0.25) is 5.72 Å². The largest absolute Gasteiger partial charge is 0.464 e. The minimum Gasteiger partial charge on any atom is -0.464 e. The molecule has 0 radical (unpaired) electrons. The lowest BCUT2D eigenvalue weighted by atomic mass is 9.73. The van der Waals surface area contributed by atoms with Gasteiger partial charge in [-0.3, -0.25) is 14.9 Å². The number of hydrogen-bond donors (Lipinski definition) is 0. The lowest BCUT2D eigenvalue weighted by molar-refractivity contribution is -0.138. The molecule has 132 valence electrons. The van der Waals surface area contributed by atoms with Crippen molar-refractivity contribution in [3.63, 3.8) is 0 Å². The van der Waals surface area contributed by atoms with Crippen molar-refractivity contribution in [3.05, 3.63) is 30.5 Å².